The summed E-state index contributed by atoms with van der Waals surface area (Å²) < 4.78 is 0. The minimum absolute atomic E-state index is 0.0299. The first-order valence-corrected chi connectivity index (χ1v) is 7.83. The lowest BCUT2D eigenvalue weighted by Crippen LogP contribution is -2.45. The Bertz CT molecular complexity index is 569. The fourth-order valence-electron chi connectivity index (χ4n) is 2.52. The quantitative estimate of drug-likeness (QED) is 0.854. The van der Waals surface area contributed by atoms with Crippen LogP contribution in [0.2, 0.25) is 0 Å². The second-order valence-corrected chi connectivity index (χ2v) is 5.45. The lowest BCUT2D eigenvalue weighted by Gasteiger charge is -2.24. The molecule has 0 spiro atoms. The van der Waals surface area contributed by atoms with Gasteiger partial charge in [-0.25, -0.2) is 0 Å². The van der Waals surface area contributed by atoms with Crippen molar-refractivity contribution in [3.8, 4) is 0 Å². The van der Waals surface area contributed by atoms with E-state index in [1.807, 2.05) is 60.4 Å². The van der Waals surface area contributed by atoms with Gasteiger partial charge in [-0.05, 0) is 30.9 Å². The SMILES string of the molecule is CCN(CCc1ccccc1)C(=O)C(N)Cc1ccccc1. The Kier molecular flexibility index (Phi) is 6.16. The van der Waals surface area contributed by atoms with Crippen molar-refractivity contribution in [2.75, 3.05) is 13.1 Å². The van der Waals surface area contributed by atoms with Gasteiger partial charge in [0.15, 0.2) is 0 Å². The molecular weight excluding hydrogens is 272 g/mol. The zero-order valence-corrected chi connectivity index (χ0v) is 13.1. The molecule has 0 aliphatic rings. The van der Waals surface area contributed by atoms with Crippen molar-refractivity contribution in [3.05, 3.63) is 71.8 Å². The molecule has 2 aromatic rings. The van der Waals surface area contributed by atoms with Crippen molar-refractivity contribution < 1.29 is 4.79 Å². The van der Waals surface area contributed by atoms with Crippen LogP contribution in [0.5, 0.6) is 0 Å². The van der Waals surface area contributed by atoms with Gasteiger partial charge in [-0.15, -0.1) is 0 Å². The lowest BCUT2D eigenvalue weighted by atomic mass is 10.1. The van der Waals surface area contributed by atoms with E-state index in [-0.39, 0.29) is 5.91 Å². The average molecular weight is 296 g/mol. The van der Waals surface area contributed by atoms with Gasteiger partial charge in [-0.1, -0.05) is 60.7 Å². The summed E-state index contributed by atoms with van der Waals surface area (Å²) in [5.74, 6) is 0.0299. The number of carbonyl (C=O) groups excluding carboxylic acids is 1. The Balaban J connectivity index is 1.90. The summed E-state index contributed by atoms with van der Waals surface area (Å²) in [4.78, 5) is 14.3. The van der Waals surface area contributed by atoms with E-state index >= 15 is 0 Å². The Morgan fingerprint density at radius 3 is 2.09 bits per heavy atom. The van der Waals surface area contributed by atoms with E-state index in [1.54, 1.807) is 0 Å². The number of nitrogens with zero attached hydrogens (tertiary/aromatic N) is 1. The van der Waals surface area contributed by atoms with Crippen molar-refractivity contribution in [2.45, 2.75) is 25.8 Å². The van der Waals surface area contributed by atoms with E-state index < -0.39 is 6.04 Å². The van der Waals surface area contributed by atoms with Crippen LogP contribution in [0.1, 0.15) is 18.1 Å². The number of hydrogen-bond acceptors (Lipinski definition) is 2. The fourth-order valence-corrected chi connectivity index (χ4v) is 2.52. The van der Waals surface area contributed by atoms with Crippen LogP contribution in [-0.2, 0) is 17.6 Å². The molecule has 0 saturated carbocycles. The highest BCUT2D eigenvalue weighted by Gasteiger charge is 2.19. The third-order valence-electron chi connectivity index (χ3n) is 3.82. The van der Waals surface area contributed by atoms with Crippen LogP contribution < -0.4 is 5.73 Å². The molecule has 0 fully saturated rings. The molecular formula is C19H24N2O. The topological polar surface area (TPSA) is 46.3 Å². The third-order valence-corrected chi connectivity index (χ3v) is 3.82. The summed E-state index contributed by atoms with van der Waals surface area (Å²) in [6, 6.07) is 19.7. The zero-order valence-electron chi connectivity index (χ0n) is 13.1. The predicted octanol–water partition coefficient (Wildman–Crippen LogP) is 2.65. The zero-order chi connectivity index (χ0) is 15.8. The highest BCUT2D eigenvalue weighted by Crippen LogP contribution is 2.06. The standard InChI is InChI=1S/C19H24N2O/c1-2-21(14-13-16-9-5-3-6-10-16)19(22)18(20)15-17-11-7-4-8-12-17/h3-12,18H,2,13-15,20H2,1H3. The van der Waals surface area contributed by atoms with Crippen LogP contribution in [0.3, 0.4) is 0 Å². The van der Waals surface area contributed by atoms with E-state index in [2.05, 4.69) is 12.1 Å². The molecule has 0 aliphatic carbocycles. The molecule has 2 rings (SSSR count). The Morgan fingerprint density at radius 1 is 1.00 bits per heavy atom. The van der Waals surface area contributed by atoms with Gasteiger partial charge < -0.3 is 10.6 Å². The monoisotopic (exact) mass is 296 g/mol. The summed E-state index contributed by atoms with van der Waals surface area (Å²) in [7, 11) is 0. The number of rotatable bonds is 7. The van der Waals surface area contributed by atoms with Gasteiger partial charge in [0.05, 0.1) is 6.04 Å². The molecule has 22 heavy (non-hydrogen) atoms. The highest BCUT2D eigenvalue weighted by atomic mass is 16.2. The van der Waals surface area contributed by atoms with Crippen molar-refractivity contribution in [2.24, 2.45) is 5.73 Å². The second-order valence-electron chi connectivity index (χ2n) is 5.45. The van der Waals surface area contributed by atoms with E-state index in [0.717, 1.165) is 12.0 Å². The van der Waals surface area contributed by atoms with Gasteiger partial charge in [-0.2, -0.15) is 0 Å². The van der Waals surface area contributed by atoms with Gasteiger partial charge in [0, 0.05) is 13.1 Å². The first kappa shape index (κ1) is 16.2. The van der Waals surface area contributed by atoms with Crippen LogP contribution >= 0.6 is 0 Å². The maximum Gasteiger partial charge on any atom is 0.239 e. The molecule has 1 unspecified atom stereocenters. The summed E-state index contributed by atoms with van der Waals surface area (Å²) >= 11 is 0. The van der Waals surface area contributed by atoms with Gasteiger partial charge in [0.2, 0.25) is 5.91 Å². The van der Waals surface area contributed by atoms with Crippen LogP contribution in [0.4, 0.5) is 0 Å². The largest absolute Gasteiger partial charge is 0.341 e. The maximum atomic E-state index is 12.5. The van der Waals surface area contributed by atoms with Crippen LogP contribution in [0.25, 0.3) is 0 Å². The van der Waals surface area contributed by atoms with E-state index in [9.17, 15) is 4.79 Å². The number of nitrogens with two attached hydrogens (primary N) is 1. The smallest absolute Gasteiger partial charge is 0.239 e. The van der Waals surface area contributed by atoms with E-state index in [4.69, 9.17) is 5.73 Å². The molecule has 3 nitrogen and oxygen atoms in total. The van der Waals surface area contributed by atoms with Crippen molar-refractivity contribution >= 4 is 5.91 Å². The summed E-state index contributed by atoms with van der Waals surface area (Å²) in [6.07, 6.45) is 1.44. The van der Waals surface area contributed by atoms with Gasteiger partial charge in [0.25, 0.3) is 0 Å². The van der Waals surface area contributed by atoms with Gasteiger partial charge in [0.1, 0.15) is 0 Å². The molecule has 2 N–H and O–H groups in total. The van der Waals surface area contributed by atoms with E-state index in [0.29, 0.717) is 19.5 Å². The first-order chi connectivity index (χ1) is 10.7. The number of likely N-dealkylation sites (N-methyl/N-ethyl adjacent to an activating group) is 1. The average Bonchev–Trinajstić information content (AvgIpc) is 2.57. The van der Waals surface area contributed by atoms with Crippen molar-refractivity contribution in [3.63, 3.8) is 0 Å². The first-order valence-electron chi connectivity index (χ1n) is 7.83. The van der Waals surface area contributed by atoms with Crippen molar-refractivity contribution in [1.29, 1.82) is 0 Å². The van der Waals surface area contributed by atoms with Crippen LogP contribution in [0.15, 0.2) is 60.7 Å². The second kappa shape index (κ2) is 8.35. The number of benzene rings is 2. The molecule has 0 aliphatic heterocycles. The molecule has 0 bridgehead atoms. The number of carbonyl (C=O) groups is 1. The summed E-state index contributed by atoms with van der Waals surface area (Å²) in [6.45, 7) is 3.40. The normalized spacial score (nSPS) is 11.9. The summed E-state index contributed by atoms with van der Waals surface area (Å²) in [5, 5.41) is 0. The maximum absolute atomic E-state index is 12.5. The fraction of sp³-hybridized carbons (Fsp3) is 0.316. The molecule has 0 saturated heterocycles. The van der Waals surface area contributed by atoms with E-state index in [1.165, 1.54) is 5.56 Å². The van der Waals surface area contributed by atoms with Gasteiger partial charge in [-0.3, -0.25) is 4.79 Å². The summed E-state index contributed by atoms with van der Waals surface area (Å²) in [5.41, 5.74) is 8.44. The Hall–Kier alpha value is -2.13. The highest BCUT2D eigenvalue weighted by molar-refractivity contribution is 5.82. The number of amides is 1. The molecule has 0 aromatic heterocycles. The minimum atomic E-state index is -0.474. The predicted molar refractivity (Wildman–Crippen MR) is 90.5 cm³/mol. The number of hydrogen-bond donors (Lipinski definition) is 1. The molecule has 3 heteroatoms. The Labute approximate surface area is 132 Å². The Morgan fingerprint density at radius 2 is 1.55 bits per heavy atom. The molecule has 116 valence electrons. The molecule has 1 amide bonds. The lowest BCUT2D eigenvalue weighted by molar-refractivity contribution is -0.132. The molecule has 1 atom stereocenters. The molecule has 0 radical (unpaired) electrons. The van der Waals surface area contributed by atoms with Crippen LogP contribution in [0, 0.1) is 0 Å². The third kappa shape index (κ3) is 4.71. The van der Waals surface area contributed by atoms with Gasteiger partial charge >= 0.3 is 0 Å². The van der Waals surface area contributed by atoms with Crippen molar-refractivity contribution in [1.82, 2.24) is 4.90 Å². The van der Waals surface area contributed by atoms with Crippen LogP contribution in [-0.4, -0.2) is 29.9 Å². The molecule has 2 aromatic carbocycles. The molecule has 0 heterocycles. The minimum Gasteiger partial charge on any atom is -0.341 e.